The fourth-order valence-corrected chi connectivity index (χ4v) is 5.66. The number of nitrogens with zero attached hydrogens (tertiary/aromatic N) is 3. The quantitative estimate of drug-likeness (QED) is 0.679. The third-order valence-electron chi connectivity index (χ3n) is 6.27. The van der Waals surface area contributed by atoms with Crippen molar-refractivity contribution in [2.75, 3.05) is 4.90 Å². The van der Waals surface area contributed by atoms with Gasteiger partial charge in [0.25, 0.3) is 0 Å². The van der Waals surface area contributed by atoms with Crippen molar-refractivity contribution in [3.8, 4) is 0 Å². The first-order valence-electron chi connectivity index (χ1n) is 10.7. The highest BCUT2D eigenvalue weighted by Crippen LogP contribution is 2.43. The molecule has 160 valence electrons. The lowest BCUT2D eigenvalue weighted by Crippen LogP contribution is -2.44. The standard InChI is InChI=1S/C24H26N4O2S/c1-15-5-8-18(9-6-15)28-22(29)12-19(23(28)20-4-3-11-31-20)24(30)26-17-7-10-21-25-16(2)13-27(21)14-17/h3-6,8-9,11,13,17,19,23H,7,10,12,14H2,1-2H3,(H,26,30). The van der Waals surface area contributed by atoms with E-state index in [0.29, 0.717) is 0 Å². The molecule has 3 unspecified atom stereocenters. The maximum absolute atomic E-state index is 13.4. The topological polar surface area (TPSA) is 67.2 Å². The predicted octanol–water partition coefficient (Wildman–Crippen LogP) is 3.79. The average molecular weight is 435 g/mol. The van der Waals surface area contributed by atoms with Crippen molar-refractivity contribution >= 4 is 28.8 Å². The van der Waals surface area contributed by atoms with Crippen LogP contribution >= 0.6 is 11.3 Å². The second-order valence-electron chi connectivity index (χ2n) is 8.57. The van der Waals surface area contributed by atoms with E-state index < -0.39 is 5.92 Å². The maximum Gasteiger partial charge on any atom is 0.228 e. The minimum atomic E-state index is -0.404. The van der Waals surface area contributed by atoms with E-state index in [1.165, 1.54) is 0 Å². The van der Waals surface area contributed by atoms with Gasteiger partial charge in [0.2, 0.25) is 11.8 Å². The van der Waals surface area contributed by atoms with Crippen LogP contribution in [0.4, 0.5) is 5.69 Å². The molecule has 7 heteroatoms. The lowest BCUT2D eigenvalue weighted by Gasteiger charge is -2.29. The summed E-state index contributed by atoms with van der Waals surface area (Å²) in [5.41, 5.74) is 3.00. The van der Waals surface area contributed by atoms with Gasteiger partial charge < -0.3 is 14.8 Å². The number of hydrogen-bond donors (Lipinski definition) is 1. The third kappa shape index (κ3) is 3.78. The van der Waals surface area contributed by atoms with Crippen LogP contribution in [0.25, 0.3) is 0 Å². The first-order valence-corrected chi connectivity index (χ1v) is 11.6. The summed E-state index contributed by atoms with van der Waals surface area (Å²) in [6, 6.07) is 11.7. The fraction of sp³-hybridized carbons (Fsp3) is 0.375. The highest BCUT2D eigenvalue weighted by molar-refractivity contribution is 7.10. The van der Waals surface area contributed by atoms with Gasteiger partial charge in [-0.2, -0.15) is 0 Å². The number of aryl methyl sites for hydroxylation is 3. The van der Waals surface area contributed by atoms with Crippen molar-refractivity contribution in [2.24, 2.45) is 5.92 Å². The van der Waals surface area contributed by atoms with Crippen LogP contribution in [0.3, 0.4) is 0 Å². The summed E-state index contributed by atoms with van der Waals surface area (Å²) >= 11 is 1.60. The van der Waals surface area contributed by atoms with E-state index in [9.17, 15) is 9.59 Å². The molecular formula is C24H26N4O2S. The minimum absolute atomic E-state index is 0.00133. The summed E-state index contributed by atoms with van der Waals surface area (Å²) < 4.78 is 2.14. The lowest BCUT2D eigenvalue weighted by molar-refractivity contribution is -0.127. The van der Waals surface area contributed by atoms with Gasteiger partial charge in [-0.05, 0) is 43.8 Å². The Balaban J connectivity index is 1.39. The number of rotatable bonds is 4. The molecule has 0 saturated carbocycles. The van der Waals surface area contributed by atoms with Crippen LogP contribution in [-0.4, -0.2) is 27.4 Å². The van der Waals surface area contributed by atoms with Gasteiger partial charge >= 0.3 is 0 Å². The number of fused-ring (bicyclic) bond motifs is 1. The van der Waals surface area contributed by atoms with Crippen LogP contribution in [0, 0.1) is 19.8 Å². The summed E-state index contributed by atoms with van der Waals surface area (Å²) in [5, 5.41) is 5.25. The molecule has 1 N–H and O–H groups in total. The van der Waals surface area contributed by atoms with E-state index in [1.807, 2.05) is 66.7 Å². The number of amides is 2. The smallest absolute Gasteiger partial charge is 0.228 e. The summed E-state index contributed by atoms with van der Waals surface area (Å²) in [7, 11) is 0. The molecule has 0 spiro atoms. The Labute approximate surface area is 185 Å². The Bertz CT molecular complexity index is 1100. The molecule has 3 atom stereocenters. The predicted molar refractivity (Wildman–Crippen MR) is 121 cm³/mol. The van der Waals surface area contributed by atoms with Gasteiger partial charge in [0.15, 0.2) is 0 Å². The zero-order valence-electron chi connectivity index (χ0n) is 17.7. The summed E-state index contributed by atoms with van der Waals surface area (Å²) in [5.74, 6) is 0.643. The fourth-order valence-electron chi connectivity index (χ4n) is 4.78. The van der Waals surface area contributed by atoms with E-state index >= 15 is 0 Å². The van der Waals surface area contributed by atoms with Gasteiger partial charge in [-0.25, -0.2) is 4.98 Å². The van der Waals surface area contributed by atoms with Crippen molar-refractivity contribution in [3.05, 3.63) is 69.9 Å². The van der Waals surface area contributed by atoms with Gasteiger partial charge in [-0.15, -0.1) is 11.3 Å². The second kappa shape index (κ2) is 7.96. The molecule has 0 aliphatic carbocycles. The number of imidazole rings is 1. The minimum Gasteiger partial charge on any atom is -0.351 e. The highest BCUT2D eigenvalue weighted by Gasteiger charge is 2.46. The summed E-state index contributed by atoms with van der Waals surface area (Å²) in [6.07, 6.45) is 3.99. The SMILES string of the molecule is Cc1ccc(N2C(=O)CC(C(=O)NC3CCc4nc(C)cn4C3)C2c2cccs2)cc1. The van der Waals surface area contributed by atoms with Crippen LogP contribution in [0.15, 0.2) is 48.0 Å². The van der Waals surface area contributed by atoms with E-state index in [-0.39, 0.29) is 30.3 Å². The molecule has 31 heavy (non-hydrogen) atoms. The lowest BCUT2D eigenvalue weighted by atomic mass is 9.96. The number of aromatic nitrogens is 2. The molecule has 2 aliphatic rings. The molecule has 2 aliphatic heterocycles. The molecule has 0 radical (unpaired) electrons. The third-order valence-corrected chi connectivity index (χ3v) is 7.21. The van der Waals surface area contributed by atoms with Gasteiger partial charge in [0.05, 0.1) is 17.7 Å². The zero-order valence-corrected chi connectivity index (χ0v) is 18.6. The van der Waals surface area contributed by atoms with Gasteiger partial charge in [-0.1, -0.05) is 23.8 Å². The van der Waals surface area contributed by atoms with E-state index in [4.69, 9.17) is 0 Å². The average Bonchev–Trinajstić information content (AvgIpc) is 3.46. The van der Waals surface area contributed by atoms with Gasteiger partial charge in [0.1, 0.15) is 5.82 Å². The number of thiophene rings is 1. The van der Waals surface area contributed by atoms with Crippen LogP contribution in [0.5, 0.6) is 0 Å². The molecule has 2 aromatic heterocycles. The Morgan fingerprint density at radius 2 is 2.00 bits per heavy atom. The Morgan fingerprint density at radius 1 is 1.19 bits per heavy atom. The summed E-state index contributed by atoms with van der Waals surface area (Å²) in [4.78, 5) is 33.9. The van der Waals surface area contributed by atoms with Crippen molar-refractivity contribution in [3.63, 3.8) is 0 Å². The number of hydrogen-bond acceptors (Lipinski definition) is 4. The Hall–Kier alpha value is -2.93. The van der Waals surface area contributed by atoms with Gasteiger partial charge in [-0.3, -0.25) is 9.59 Å². The number of anilines is 1. The molecule has 1 aromatic carbocycles. The normalized spacial score (nSPS) is 23.1. The maximum atomic E-state index is 13.4. The monoisotopic (exact) mass is 434 g/mol. The van der Waals surface area contributed by atoms with Gasteiger partial charge in [0, 0.05) is 42.2 Å². The number of nitrogens with one attached hydrogen (secondary N) is 1. The van der Waals surface area contributed by atoms with Crippen molar-refractivity contribution < 1.29 is 9.59 Å². The molecule has 1 fully saturated rings. The second-order valence-corrected chi connectivity index (χ2v) is 9.54. The van der Waals surface area contributed by atoms with Crippen molar-refractivity contribution in [2.45, 2.75) is 51.7 Å². The van der Waals surface area contributed by atoms with Crippen LogP contribution in [0.1, 0.15) is 40.8 Å². The van der Waals surface area contributed by atoms with Crippen molar-refractivity contribution in [1.29, 1.82) is 0 Å². The Kier molecular flexibility index (Phi) is 5.14. The van der Waals surface area contributed by atoms with E-state index in [0.717, 1.165) is 47.0 Å². The van der Waals surface area contributed by atoms with Crippen molar-refractivity contribution in [1.82, 2.24) is 14.9 Å². The van der Waals surface area contributed by atoms with E-state index in [2.05, 4.69) is 14.9 Å². The number of carbonyl (C=O) groups excluding carboxylic acids is 2. The molecule has 5 rings (SSSR count). The summed E-state index contributed by atoms with van der Waals surface area (Å²) in [6.45, 7) is 4.75. The molecule has 0 bridgehead atoms. The molecule has 3 aromatic rings. The molecule has 6 nitrogen and oxygen atoms in total. The molecule has 2 amide bonds. The molecule has 4 heterocycles. The van der Waals surface area contributed by atoms with E-state index in [1.54, 1.807) is 11.3 Å². The highest BCUT2D eigenvalue weighted by atomic mass is 32.1. The first kappa shape index (κ1) is 20.0. The van der Waals surface area contributed by atoms with Crippen LogP contribution in [0.2, 0.25) is 0 Å². The number of benzene rings is 1. The number of carbonyl (C=O) groups is 2. The Morgan fingerprint density at radius 3 is 2.74 bits per heavy atom. The van der Waals surface area contributed by atoms with Crippen LogP contribution in [-0.2, 0) is 22.6 Å². The zero-order chi connectivity index (χ0) is 21.5. The largest absolute Gasteiger partial charge is 0.351 e. The first-order chi connectivity index (χ1) is 15.0. The molecule has 1 saturated heterocycles. The van der Waals surface area contributed by atoms with Crippen LogP contribution < -0.4 is 10.2 Å². The molecular weight excluding hydrogens is 408 g/mol.